The minimum atomic E-state index is 0.0198. The maximum atomic E-state index is 12.3. The minimum Gasteiger partial charge on any atom is -0.337 e. The van der Waals surface area contributed by atoms with Crippen molar-refractivity contribution in [2.75, 3.05) is 13.1 Å². The van der Waals surface area contributed by atoms with E-state index in [2.05, 4.69) is 5.10 Å². The van der Waals surface area contributed by atoms with Crippen molar-refractivity contribution >= 4 is 17.5 Å². The quantitative estimate of drug-likeness (QED) is 0.852. The van der Waals surface area contributed by atoms with Gasteiger partial charge < -0.3 is 4.90 Å². The molecule has 0 atom stereocenters. The van der Waals surface area contributed by atoms with Crippen LogP contribution in [0, 0.1) is 6.92 Å². The van der Waals surface area contributed by atoms with Gasteiger partial charge in [0, 0.05) is 23.8 Å². The zero-order chi connectivity index (χ0) is 14.1. The number of carbonyl (C=O) groups excluding carboxylic acids is 1. The molecule has 0 bridgehead atoms. The van der Waals surface area contributed by atoms with Crippen molar-refractivity contribution < 1.29 is 4.79 Å². The molecule has 0 aliphatic carbocycles. The van der Waals surface area contributed by atoms with E-state index in [1.165, 1.54) is 0 Å². The molecule has 0 radical (unpaired) electrons. The minimum absolute atomic E-state index is 0.0198. The van der Waals surface area contributed by atoms with Crippen LogP contribution in [-0.4, -0.2) is 33.7 Å². The van der Waals surface area contributed by atoms with Crippen LogP contribution in [-0.2, 0) is 0 Å². The van der Waals surface area contributed by atoms with E-state index in [0.29, 0.717) is 10.7 Å². The highest BCUT2D eigenvalue weighted by atomic mass is 35.5. The zero-order valence-corrected chi connectivity index (χ0v) is 12.1. The third-order valence-electron chi connectivity index (χ3n) is 3.55. The molecule has 0 unspecified atom stereocenters. The van der Waals surface area contributed by atoms with Gasteiger partial charge in [-0.2, -0.15) is 5.10 Å². The summed E-state index contributed by atoms with van der Waals surface area (Å²) in [6.45, 7) is 3.61. The SMILES string of the molecule is Cc1cc(C(=O)N2CCCC2)nn1-c1cccc(Cl)c1. The van der Waals surface area contributed by atoms with Crippen LogP contribution in [0.25, 0.3) is 5.69 Å². The van der Waals surface area contributed by atoms with Crippen LogP contribution in [0.3, 0.4) is 0 Å². The van der Waals surface area contributed by atoms with E-state index >= 15 is 0 Å². The highest BCUT2D eigenvalue weighted by molar-refractivity contribution is 6.30. The number of aromatic nitrogens is 2. The van der Waals surface area contributed by atoms with Gasteiger partial charge in [0.15, 0.2) is 5.69 Å². The number of hydrogen-bond donors (Lipinski definition) is 0. The molecule has 1 aromatic carbocycles. The Labute approximate surface area is 123 Å². The lowest BCUT2D eigenvalue weighted by atomic mass is 10.3. The molecule has 2 aromatic rings. The van der Waals surface area contributed by atoms with E-state index in [1.54, 1.807) is 4.68 Å². The van der Waals surface area contributed by atoms with Crippen LogP contribution in [0.4, 0.5) is 0 Å². The fourth-order valence-corrected chi connectivity index (χ4v) is 2.71. The third-order valence-corrected chi connectivity index (χ3v) is 3.79. The number of carbonyl (C=O) groups is 1. The molecule has 4 nitrogen and oxygen atoms in total. The van der Waals surface area contributed by atoms with Gasteiger partial charge in [0.1, 0.15) is 0 Å². The molecule has 1 amide bonds. The van der Waals surface area contributed by atoms with Crippen LogP contribution in [0.2, 0.25) is 5.02 Å². The number of amides is 1. The Kier molecular flexibility index (Phi) is 3.49. The fourth-order valence-electron chi connectivity index (χ4n) is 2.53. The molecular weight excluding hydrogens is 274 g/mol. The number of aryl methyl sites for hydroxylation is 1. The Morgan fingerprint density at radius 3 is 2.70 bits per heavy atom. The molecular formula is C15H16ClN3O. The van der Waals surface area contributed by atoms with E-state index in [4.69, 9.17) is 11.6 Å². The summed E-state index contributed by atoms with van der Waals surface area (Å²) in [4.78, 5) is 14.2. The van der Waals surface area contributed by atoms with Crippen LogP contribution in [0.5, 0.6) is 0 Å². The van der Waals surface area contributed by atoms with Crippen LogP contribution >= 0.6 is 11.6 Å². The number of hydrogen-bond acceptors (Lipinski definition) is 2. The van der Waals surface area contributed by atoms with E-state index in [9.17, 15) is 4.79 Å². The summed E-state index contributed by atoms with van der Waals surface area (Å²) >= 11 is 6.00. The molecule has 104 valence electrons. The summed E-state index contributed by atoms with van der Waals surface area (Å²) in [5, 5.41) is 5.09. The van der Waals surface area contributed by atoms with Crippen molar-refractivity contribution in [3.8, 4) is 5.69 Å². The monoisotopic (exact) mass is 289 g/mol. The van der Waals surface area contributed by atoms with Crippen LogP contribution in [0.1, 0.15) is 29.0 Å². The number of benzene rings is 1. The second kappa shape index (κ2) is 5.29. The highest BCUT2D eigenvalue weighted by Crippen LogP contribution is 2.18. The molecule has 3 rings (SSSR count). The summed E-state index contributed by atoms with van der Waals surface area (Å²) in [5.74, 6) is 0.0198. The van der Waals surface area contributed by atoms with Gasteiger partial charge in [-0.1, -0.05) is 17.7 Å². The van der Waals surface area contributed by atoms with Gasteiger partial charge in [-0.15, -0.1) is 0 Å². The molecule has 1 saturated heterocycles. The number of halogens is 1. The van der Waals surface area contributed by atoms with Gasteiger partial charge in [-0.3, -0.25) is 4.79 Å². The smallest absolute Gasteiger partial charge is 0.274 e. The van der Waals surface area contributed by atoms with Crippen molar-refractivity contribution in [2.45, 2.75) is 19.8 Å². The van der Waals surface area contributed by atoms with E-state index in [1.807, 2.05) is 42.2 Å². The molecule has 1 aliphatic rings. The zero-order valence-electron chi connectivity index (χ0n) is 11.3. The van der Waals surface area contributed by atoms with Crippen molar-refractivity contribution in [2.24, 2.45) is 0 Å². The number of nitrogens with zero attached hydrogens (tertiary/aromatic N) is 3. The fraction of sp³-hybridized carbons (Fsp3) is 0.333. The first kappa shape index (κ1) is 13.2. The predicted molar refractivity (Wildman–Crippen MR) is 78.4 cm³/mol. The first-order valence-corrected chi connectivity index (χ1v) is 7.15. The Balaban J connectivity index is 1.92. The third kappa shape index (κ3) is 2.43. The van der Waals surface area contributed by atoms with E-state index in [0.717, 1.165) is 37.3 Å². The summed E-state index contributed by atoms with van der Waals surface area (Å²) in [6.07, 6.45) is 2.17. The molecule has 0 spiro atoms. The summed E-state index contributed by atoms with van der Waals surface area (Å²) in [6, 6.07) is 9.30. The second-order valence-electron chi connectivity index (χ2n) is 5.06. The van der Waals surface area contributed by atoms with Gasteiger partial charge >= 0.3 is 0 Å². The van der Waals surface area contributed by atoms with Gasteiger partial charge in [0.2, 0.25) is 0 Å². The topological polar surface area (TPSA) is 38.1 Å². The Morgan fingerprint density at radius 2 is 2.00 bits per heavy atom. The van der Waals surface area contributed by atoms with Crippen LogP contribution in [0.15, 0.2) is 30.3 Å². The lowest BCUT2D eigenvalue weighted by Crippen LogP contribution is -2.28. The van der Waals surface area contributed by atoms with Gasteiger partial charge in [-0.05, 0) is 44.0 Å². The Hall–Kier alpha value is -1.81. The van der Waals surface area contributed by atoms with Gasteiger partial charge in [-0.25, -0.2) is 4.68 Å². The average molecular weight is 290 g/mol. The average Bonchev–Trinajstić information content (AvgIpc) is 3.07. The molecule has 20 heavy (non-hydrogen) atoms. The summed E-state index contributed by atoms with van der Waals surface area (Å²) < 4.78 is 1.76. The van der Waals surface area contributed by atoms with E-state index < -0.39 is 0 Å². The lowest BCUT2D eigenvalue weighted by molar-refractivity contribution is 0.0786. The van der Waals surface area contributed by atoms with Crippen LogP contribution < -0.4 is 0 Å². The maximum absolute atomic E-state index is 12.3. The first-order chi connectivity index (χ1) is 9.65. The molecule has 1 fully saturated rings. The Morgan fingerprint density at radius 1 is 1.25 bits per heavy atom. The van der Waals surface area contributed by atoms with Gasteiger partial charge in [0.05, 0.1) is 5.69 Å². The molecule has 0 saturated carbocycles. The molecule has 2 heterocycles. The first-order valence-electron chi connectivity index (χ1n) is 6.77. The predicted octanol–water partition coefficient (Wildman–Crippen LogP) is 3.07. The molecule has 0 N–H and O–H groups in total. The van der Waals surface area contributed by atoms with Crippen molar-refractivity contribution in [1.29, 1.82) is 0 Å². The number of likely N-dealkylation sites (tertiary alicyclic amines) is 1. The van der Waals surface area contributed by atoms with Crippen molar-refractivity contribution in [3.05, 3.63) is 46.7 Å². The Bertz CT molecular complexity index is 644. The molecule has 1 aromatic heterocycles. The van der Waals surface area contributed by atoms with Crippen molar-refractivity contribution in [3.63, 3.8) is 0 Å². The highest BCUT2D eigenvalue weighted by Gasteiger charge is 2.22. The van der Waals surface area contributed by atoms with Crippen molar-refractivity contribution in [1.82, 2.24) is 14.7 Å². The summed E-state index contributed by atoms with van der Waals surface area (Å²) in [5.41, 5.74) is 2.30. The lowest BCUT2D eigenvalue weighted by Gasteiger charge is -2.12. The largest absolute Gasteiger partial charge is 0.337 e. The molecule has 5 heteroatoms. The number of rotatable bonds is 2. The van der Waals surface area contributed by atoms with E-state index in [-0.39, 0.29) is 5.91 Å². The normalized spacial score (nSPS) is 14.8. The maximum Gasteiger partial charge on any atom is 0.274 e. The van der Waals surface area contributed by atoms with Gasteiger partial charge in [0.25, 0.3) is 5.91 Å². The standard InChI is InChI=1S/C15H16ClN3O/c1-11-9-14(15(20)18-7-2-3-8-18)17-19(11)13-6-4-5-12(16)10-13/h4-6,9-10H,2-3,7-8H2,1H3. The second-order valence-corrected chi connectivity index (χ2v) is 5.50. The molecule has 1 aliphatic heterocycles. The summed E-state index contributed by atoms with van der Waals surface area (Å²) in [7, 11) is 0.